The van der Waals surface area contributed by atoms with Crippen LogP contribution in [0.15, 0.2) is 12.4 Å². The van der Waals surface area contributed by atoms with Crippen molar-refractivity contribution in [1.82, 2.24) is 14.7 Å². The molecule has 1 saturated heterocycles. The molecule has 3 rings (SSSR count). The third kappa shape index (κ3) is 4.12. The van der Waals surface area contributed by atoms with Gasteiger partial charge in [-0.15, -0.1) is 0 Å². The molecule has 2 amide bonds. The first kappa shape index (κ1) is 16.0. The number of amides is 2. The van der Waals surface area contributed by atoms with E-state index in [1.165, 1.54) is 25.7 Å². The van der Waals surface area contributed by atoms with E-state index in [9.17, 15) is 9.59 Å². The molecule has 1 atom stereocenters. The number of nitrogens with one attached hydrogen (secondary N) is 1. The molecule has 2 heterocycles. The van der Waals surface area contributed by atoms with Crippen molar-refractivity contribution in [3.63, 3.8) is 0 Å². The van der Waals surface area contributed by atoms with E-state index in [0.29, 0.717) is 25.2 Å². The molecule has 0 spiro atoms. The van der Waals surface area contributed by atoms with Gasteiger partial charge in [0.05, 0.1) is 17.8 Å². The van der Waals surface area contributed by atoms with Gasteiger partial charge in [0.15, 0.2) is 0 Å². The number of aromatic nitrogens is 2. The summed E-state index contributed by atoms with van der Waals surface area (Å²) in [6.07, 6.45) is 11.0. The Bertz CT molecular complexity index is 563. The summed E-state index contributed by atoms with van der Waals surface area (Å²) in [7, 11) is 1.82. The molecular formula is C17H26N4O2. The first-order valence-electron chi connectivity index (χ1n) is 8.69. The Hall–Kier alpha value is -1.85. The molecule has 1 aliphatic carbocycles. The normalized spacial score (nSPS) is 21.8. The van der Waals surface area contributed by atoms with Crippen LogP contribution in [-0.4, -0.2) is 39.6 Å². The van der Waals surface area contributed by atoms with Crippen LogP contribution in [0.25, 0.3) is 0 Å². The molecule has 23 heavy (non-hydrogen) atoms. The van der Waals surface area contributed by atoms with Gasteiger partial charge in [0.2, 0.25) is 11.8 Å². The lowest BCUT2D eigenvalue weighted by Gasteiger charge is -2.17. The van der Waals surface area contributed by atoms with Crippen LogP contribution < -0.4 is 5.32 Å². The topological polar surface area (TPSA) is 67.2 Å². The Labute approximate surface area is 137 Å². The second kappa shape index (κ2) is 7.15. The molecule has 1 aromatic heterocycles. The van der Waals surface area contributed by atoms with Crippen molar-refractivity contribution < 1.29 is 9.59 Å². The van der Waals surface area contributed by atoms with E-state index >= 15 is 0 Å². The van der Waals surface area contributed by atoms with Crippen LogP contribution in [0.4, 0.5) is 5.69 Å². The van der Waals surface area contributed by atoms with Gasteiger partial charge in [-0.3, -0.25) is 14.3 Å². The van der Waals surface area contributed by atoms with E-state index in [2.05, 4.69) is 10.4 Å². The number of anilines is 1. The maximum atomic E-state index is 12.3. The van der Waals surface area contributed by atoms with Gasteiger partial charge in [-0.2, -0.15) is 5.10 Å². The van der Waals surface area contributed by atoms with Gasteiger partial charge in [-0.25, -0.2) is 0 Å². The Morgan fingerprint density at radius 3 is 2.78 bits per heavy atom. The van der Waals surface area contributed by atoms with Crippen LogP contribution in [0.3, 0.4) is 0 Å². The number of carbonyl (C=O) groups is 2. The molecule has 2 fully saturated rings. The zero-order valence-electron chi connectivity index (χ0n) is 13.8. The quantitative estimate of drug-likeness (QED) is 0.905. The minimum atomic E-state index is -0.106. The lowest BCUT2D eigenvalue weighted by atomic mass is 10.0. The van der Waals surface area contributed by atoms with Crippen molar-refractivity contribution >= 4 is 17.5 Å². The predicted molar refractivity (Wildman–Crippen MR) is 87.7 cm³/mol. The highest BCUT2D eigenvalue weighted by Crippen LogP contribution is 2.29. The van der Waals surface area contributed by atoms with Crippen LogP contribution in [0.1, 0.15) is 44.9 Å². The third-order valence-corrected chi connectivity index (χ3v) is 5.13. The summed E-state index contributed by atoms with van der Waals surface area (Å²) in [6, 6.07) is 0. The first-order chi connectivity index (χ1) is 11.1. The summed E-state index contributed by atoms with van der Waals surface area (Å²) in [5.74, 6) is 0.842. The van der Waals surface area contributed by atoms with Gasteiger partial charge in [0, 0.05) is 32.8 Å². The van der Waals surface area contributed by atoms with Crippen molar-refractivity contribution in [3.8, 4) is 0 Å². The Morgan fingerprint density at radius 1 is 1.30 bits per heavy atom. The molecule has 1 aliphatic heterocycles. The number of aryl methyl sites for hydroxylation is 1. The SMILES string of the molecule is Cn1cc(NC(=O)[C@H]2CCN(C(=O)CCC3CCCC3)C2)cn1. The second-order valence-corrected chi connectivity index (χ2v) is 6.91. The van der Waals surface area contributed by atoms with Crippen molar-refractivity contribution in [2.45, 2.75) is 44.9 Å². The van der Waals surface area contributed by atoms with Gasteiger partial charge < -0.3 is 10.2 Å². The van der Waals surface area contributed by atoms with Crippen LogP contribution in [0.5, 0.6) is 0 Å². The standard InChI is InChI=1S/C17H26N4O2/c1-20-12-15(10-18-20)19-17(23)14-8-9-21(11-14)16(22)7-6-13-4-2-3-5-13/h10,12-14H,2-9,11H2,1H3,(H,19,23)/t14-/m0/s1. The largest absolute Gasteiger partial charge is 0.342 e. The number of hydrogen-bond donors (Lipinski definition) is 1. The molecular weight excluding hydrogens is 292 g/mol. The van der Waals surface area contributed by atoms with E-state index in [-0.39, 0.29) is 17.7 Å². The van der Waals surface area contributed by atoms with Gasteiger partial charge in [-0.1, -0.05) is 25.7 Å². The highest BCUT2D eigenvalue weighted by atomic mass is 16.2. The molecule has 126 valence electrons. The molecule has 6 heteroatoms. The molecule has 0 aromatic carbocycles. The smallest absolute Gasteiger partial charge is 0.229 e. The predicted octanol–water partition coefficient (Wildman–Crippen LogP) is 2.18. The van der Waals surface area contributed by atoms with Gasteiger partial charge in [-0.05, 0) is 18.8 Å². The number of carbonyl (C=O) groups excluding carboxylic acids is 2. The maximum absolute atomic E-state index is 12.3. The lowest BCUT2D eigenvalue weighted by molar-refractivity contribution is -0.130. The second-order valence-electron chi connectivity index (χ2n) is 6.91. The fourth-order valence-electron chi connectivity index (χ4n) is 3.72. The monoisotopic (exact) mass is 318 g/mol. The summed E-state index contributed by atoms with van der Waals surface area (Å²) in [5, 5.41) is 6.92. The van der Waals surface area contributed by atoms with Gasteiger partial charge in [0.25, 0.3) is 0 Å². The first-order valence-corrected chi connectivity index (χ1v) is 8.69. The molecule has 1 aromatic rings. The molecule has 0 radical (unpaired) electrons. The van der Waals surface area contributed by atoms with Crippen molar-refractivity contribution in [2.75, 3.05) is 18.4 Å². The molecule has 1 N–H and O–H groups in total. The van der Waals surface area contributed by atoms with Crippen molar-refractivity contribution in [2.24, 2.45) is 18.9 Å². The van der Waals surface area contributed by atoms with E-state index in [0.717, 1.165) is 18.8 Å². The zero-order valence-corrected chi connectivity index (χ0v) is 13.8. The van der Waals surface area contributed by atoms with Crippen molar-refractivity contribution in [3.05, 3.63) is 12.4 Å². The number of hydrogen-bond acceptors (Lipinski definition) is 3. The summed E-state index contributed by atoms with van der Waals surface area (Å²) >= 11 is 0. The Kier molecular flexibility index (Phi) is 4.98. The fraction of sp³-hybridized carbons (Fsp3) is 0.706. The molecule has 1 saturated carbocycles. The number of nitrogens with zero attached hydrogens (tertiary/aromatic N) is 3. The van der Waals surface area contributed by atoms with E-state index in [1.807, 2.05) is 11.9 Å². The average molecular weight is 318 g/mol. The molecule has 0 bridgehead atoms. The molecule has 0 unspecified atom stereocenters. The van der Waals surface area contributed by atoms with E-state index in [4.69, 9.17) is 0 Å². The highest BCUT2D eigenvalue weighted by Gasteiger charge is 2.31. The minimum absolute atomic E-state index is 0.0101. The fourth-order valence-corrected chi connectivity index (χ4v) is 3.72. The van der Waals surface area contributed by atoms with Crippen molar-refractivity contribution in [1.29, 1.82) is 0 Å². The zero-order chi connectivity index (χ0) is 16.2. The average Bonchev–Trinajstić information content (AvgIpc) is 3.26. The Morgan fingerprint density at radius 2 is 2.09 bits per heavy atom. The third-order valence-electron chi connectivity index (χ3n) is 5.13. The summed E-state index contributed by atoms with van der Waals surface area (Å²) in [4.78, 5) is 26.4. The maximum Gasteiger partial charge on any atom is 0.229 e. The van der Waals surface area contributed by atoms with Crippen LogP contribution in [-0.2, 0) is 16.6 Å². The summed E-state index contributed by atoms with van der Waals surface area (Å²) < 4.78 is 1.66. The van der Waals surface area contributed by atoms with E-state index < -0.39 is 0 Å². The minimum Gasteiger partial charge on any atom is -0.342 e. The van der Waals surface area contributed by atoms with E-state index in [1.54, 1.807) is 17.1 Å². The van der Waals surface area contributed by atoms with Gasteiger partial charge in [0.1, 0.15) is 0 Å². The van der Waals surface area contributed by atoms with Gasteiger partial charge >= 0.3 is 0 Å². The number of likely N-dealkylation sites (tertiary alicyclic amines) is 1. The molecule has 2 aliphatic rings. The highest BCUT2D eigenvalue weighted by molar-refractivity contribution is 5.93. The Balaban J connectivity index is 1.43. The van der Waals surface area contributed by atoms with Crippen LogP contribution in [0, 0.1) is 11.8 Å². The summed E-state index contributed by atoms with van der Waals surface area (Å²) in [6.45, 7) is 1.25. The lowest BCUT2D eigenvalue weighted by Crippen LogP contribution is -2.31. The number of rotatable bonds is 5. The summed E-state index contributed by atoms with van der Waals surface area (Å²) in [5.41, 5.74) is 0.712. The van der Waals surface area contributed by atoms with Crippen LogP contribution in [0.2, 0.25) is 0 Å². The molecule has 6 nitrogen and oxygen atoms in total. The van der Waals surface area contributed by atoms with Crippen LogP contribution >= 0.6 is 0 Å².